The first kappa shape index (κ1) is 32.7. The molecule has 0 spiro atoms. The number of halogens is 1. The third kappa shape index (κ3) is 8.47. The molecule has 3 aliphatic carbocycles. The Balaban J connectivity index is 1.65. The van der Waals surface area contributed by atoms with Crippen molar-refractivity contribution < 1.29 is 34.1 Å². The van der Waals surface area contributed by atoms with Crippen LogP contribution in [-0.2, 0) is 9.59 Å². The Morgan fingerprint density at radius 2 is 1.79 bits per heavy atom. The van der Waals surface area contributed by atoms with Gasteiger partial charge in [-0.1, -0.05) is 44.9 Å². The van der Waals surface area contributed by atoms with Gasteiger partial charge in [-0.15, -0.1) is 0 Å². The van der Waals surface area contributed by atoms with E-state index in [0.29, 0.717) is 51.0 Å². The van der Waals surface area contributed by atoms with E-state index in [4.69, 9.17) is 9.47 Å². The lowest BCUT2D eigenvalue weighted by Crippen LogP contribution is -2.56. The molecule has 3 unspecified atom stereocenters. The highest BCUT2D eigenvalue weighted by Crippen LogP contribution is 2.38. The van der Waals surface area contributed by atoms with E-state index >= 15 is 0 Å². The van der Waals surface area contributed by atoms with Crippen molar-refractivity contribution in [3.05, 3.63) is 32.9 Å². The summed E-state index contributed by atoms with van der Waals surface area (Å²) in [6, 6.07) is 2.59. The molecule has 1 aromatic carbocycles. The van der Waals surface area contributed by atoms with Crippen molar-refractivity contribution in [3.63, 3.8) is 0 Å². The topological polar surface area (TPSA) is 125 Å². The second-order valence-electron chi connectivity index (χ2n) is 11.9. The molecule has 232 valence electrons. The Labute approximate surface area is 262 Å². The van der Waals surface area contributed by atoms with E-state index in [9.17, 15) is 24.6 Å². The lowest BCUT2D eigenvalue weighted by Gasteiger charge is -2.42. The zero-order valence-corrected chi connectivity index (χ0v) is 26.7. The summed E-state index contributed by atoms with van der Waals surface area (Å²) >= 11 is 2.06. The molecule has 0 bridgehead atoms. The first-order valence-corrected chi connectivity index (χ1v) is 16.5. The fourth-order valence-electron chi connectivity index (χ4n) is 6.68. The third-order valence-electron chi connectivity index (χ3n) is 9.00. The van der Waals surface area contributed by atoms with Crippen molar-refractivity contribution in [3.8, 4) is 11.5 Å². The number of amides is 2. The van der Waals surface area contributed by atoms with Crippen LogP contribution in [0.25, 0.3) is 0 Å². The summed E-state index contributed by atoms with van der Waals surface area (Å²) < 4.78 is 12.5. The Morgan fingerprint density at radius 3 is 2.45 bits per heavy atom. The van der Waals surface area contributed by atoms with Gasteiger partial charge in [-0.25, -0.2) is 0 Å². The summed E-state index contributed by atoms with van der Waals surface area (Å²) in [5, 5.41) is 23.8. The molecule has 3 aliphatic rings. The highest BCUT2D eigenvalue weighted by molar-refractivity contribution is 14.1. The molecule has 0 saturated heterocycles. The van der Waals surface area contributed by atoms with Gasteiger partial charge in [-0.05, 0) is 71.9 Å². The molecule has 2 saturated carbocycles. The van der Waals surface area contributed by atoms with Crippen LogP contribution in [0, 0.1) is 15.4 Å². The number of rotatable bonds is 13. The van der Waals surface area contributed by atoms with E-state index in [1.165, 1.54) is 39.2 Å². The van der Waals surface area contributed by atoms with Gasteiger partial charge >= 0.3 is 0 Å². The summed E-state index contributed by atoms with van der Waals surface area (Å²) in [6.45, 7) is 0.454. The zero-order valence-electron chi connectivity index (χ0n) is 24.6. The average molecular weight is 697 g/mol. The van der Waals surface area contributed by atoms with E-state index < -0.39 is 18.2 Å². The summed E-state index contributed by atoms with van der Waals surface area (Å²) in [5.41, 5.74) is 0.830. The molecule has 1 aromatic rings. The normalized spacial score (nSPS) is 23.2. The molecular formula is C32H45IN2O7. The number of aliphatic hydroxyl groups is 2. The largest absolute Gasteiger partial charge is 0.493 e. The standard InChI is InChI=1S/C32H45IN2O7/c1-41-28-16-23(20-37)15-25(33)31(28)42-27-18-24(32(40)34-13-14-36)17-26(30(27)39)35(19-22-9-3-2-4-10-22)29(38)12-11-21-7-5-6-8-21/h15-16,18,20-22,26-27,30,36,39H,2-14,17,19H2,1H3,(H,34,40). The maximum Gasteiger partial charge on any atom is 0.247 e. The molecule has 0 aromatic heterocycles. The van der Waals surface area contributed by atoms with Gasteiger partial charge in [0, 0.05) is 37.1 Å². The quantitative estimate of drug-likeness (QED) is 0.206. The molecule has 10 heteroatoms. The number of carbonyl (C=O) groups excluding carboxylic acids is 3. The fourth-order valence-corrected chi connectivity index (χ4v) is 7.43. The lowest BCUT2D eigenvalue weighted by atomic mass is 9.85. The molecule has 0 radical (unpaired) electrons. The minimum absolute atomic E-state index is 0.0230. The number of hydrogen-bond acceptors (Lipinski definition) is 7. The Kier molecular flexibility index (Phi) is 12.5. The van der Waals surface area contributed by atoms with Crippen molar-refractivity contribution >= 4 is 40.7 Å². The summed E-state index contributed by atoms with van der Waals surface area (Å²) in [4.78, 5) is 40.4. The smallest absolute Gasteiger partial charge is 0.247 e. The van der Waals surface area contributed by atoms with Crippen LogP contribution in [0.1, 0.15) is 87.4 Å². The monoisotopic (exact) mass is 696 g/mol. The van der Waals surface area contributed by atoms with Crippen molar-refractivity contribution in [1.29, 1.82) is 0 Å². The SMILES string of the molecule is COc1cc(C=O)cc(I)c1OC1C=C(C(=O)NCCO)CC(N(CC2CCCCC2)C(=O)CCC2CCCC2)C1O. The molecule has 4 rings (SSSR count). The first-order valence-electron chi connectivity index (χ1n) is 15.4. The van der Waals surface area contributed by atoms with Crippen LogP contribution >= 0.6 is 22.6 Å². The van der Waals surface area contributed by atoms with Crippen LogP contribution in [0.2, 0.25) is 0 Å². The van der Waals surface area contributed by atoms with E-state index in [1.807, 2.05) is 4.90 Å². The van der Waals surface area contributed by atoms with Crippen LogP contribution in [-0.4, -0.2) is 78.3 Å². The van der Waals surface area contributed by atoms with Crippen LogP contribution in [0.4, 0.5) is 0 Å². The van der Waals surface area contributed by atoms with Crippen molar-refractivity contribution in [1.82, 2.24) is 10.2 Å². The second kappa shape index (κ2) is 16.0. The van der Waals surface area contributed by atoms with Crippen LogP contribution in [0.3, 0.4) is 0 Å². The molecule has 0 heterocycles. The van der Waals surface area contributed by atoms with Crippen LogP contribution < -0.4 is 14.8 Å². The summed E-state index contributed by atoms with van der Waals surface area (Å²) in [6.07, 6.45) is 12.1. The van der Waals surface area contributed by atoms with Crippen LogP contribution in [0.5, 0.6) is 11.5 Å². The first-order chi connectivity index (χ1) is 20.3. The molecule has 3 atom stereocenters. The average Bonchev–Trinajstić information content (AvgIpc) is 3.53. The van der Waals surface area contributed by atoms with Gasteiger partial charge in [0.1, 0.15) is 18.5 Å². The van der Waals surface area contributed by atoms with Gasteiger partial charge in [0.25, 0.3) is 0 Å². The molecular weight excluding hydrogens is 651 g/mol. The Morgan fingerprint density at radius 1 is 1.10 bits per heavy atom. The minimum Gasteiger partial charge on any atom is -0.493 e. The number of aldehydes is 1. The van der Waals surface area contributed by atoms with E-state index in [1.54, 1.807) is 18.2 Å². The molecule has 0 aliphatic heterocycles. The van der Waals surface area contributed by atoms with E-state index in [2.05, 4.69) is 27.9 Å². The molecule has 2 amide bonds. The van der Waals surface area contributed by atoms with E-state index in [-0.39, 0.29) is 31.4 Å². The summed E-state index contributed by atoms with van der Waals surface area (Å²) in [7, 11) is 1.48. The number of nitrogens with zero attached hydrogens (tertiary/aromatic N) is 1. The molecule has 3 N–H and O–H groups in total. The lowest BCUT2D eigenvalue weighted by molar-refractivity contribution is -0.140. The van der Waals surface area contributed by atoms with E-state index in [0.717, 1.165) is 38.4 Å². The maximum absolute atomic E-state index is 13.9. The van der Waals surface area contributed by atoms with Gasteiger partial charge in [0.15, 0.2) is 11.5 Å². The van der Waals surface area contributed by atoms with Crippen molar-refractivity contribution in [2.24, 2.45) is 11.8 Å². The number of hydrogen-bond donors (Lipinski definition) is 3. The second-order valence-corrected chi connectivity index (χ2v) is 13.1. The van der Waals surface area contributed by atoms with Gasteiger partial charge in [0.05, 0.1) is 23.3 Å². The van der Waals surface area contributed by atoms with Crippen molar-refractivity contribution in [2.75, 3.05) is 26.8 Å². The predicted molar refractivity (Wildman–Crippen MR) is 168 cm³/mol. The number of benzene rings is 1. The number of aliphatic hydroxyl groups excluding tert-OH is 2. The number of methoxy groups -OCH3 is 1. The number of nitrogens with one attached hydrogen (secondary N) is 1. The predicted octanol–water partition coefficient (Wildman–Crippen LogP) is 4.41. The van der Waals surface area contributed by atoms with Gasteiger partial charge < -0.3 is 29.9 Å². The Bertz CT molecular complexity index is 1110. The van der Waals surface area contributed by atoms with Gasteiger partial charge in [-0.3, -0.25) is 14.4 Å². The molecule has 42 heavy (non-hydrogen) atoms. The van der Waals surface area contributed by atoms with Crippen LogP contribution in [0.15, 0.2) is 23.8 Å². The van der Waals surface area contributed by atoms with Gasteiger partial charge in [-0.2, -0.15) is 0 Å². The number of ether oxygens (including phenoxy) is 2. The molecule has 2 fully saturated rings. The molecule has 9 nitrogen and oxygen atoms in total. The fraction of sp³-hybridized carbons (Fsp3) is 0.656. The maximum atomic E-state index is 13.9. The van der Waals surface area contributed by atoms with Gasteiger partial charge in [0.2, 0.25) is 11.8 Å². The minimum atomic E-state index is -1.09. The summed E-state index contributed by atoms with van der Waals surface area (Å²) in [5.74, 6) is 1.28. The Hall–Kier alpha value is -2.18. The third-order valence-corrected chi connectivity index (χ3v) is 9.80. The van der Waals surface area contributed by atoms with Crippen molar-refractivity contribution in [2.45, 2.75) is 95.3 Å². The zero-order chi connectivity index (χ0) is 30.1. The number of carbonyl (C=O) groups is 3. The highest BCUT2D eigenvalue weighted by atomic mass is 127. The highest BCUT2D eigenvalue weighted by Gasteiger charge is 2.41.